The van der Waals surface area contributed by atoms with E-state index in [1.807, 2.05) is 6.92 Å². The number of amides is 1. The first kappa shape index (κ1) is 14.4. The molecule has 1 heterocycles. The normalized spacial score (nSPS) is 26.6. The van der Waals surface area contributed by atoms with E-state index in [0.717, 1.165) is 0 Å². The first-order valence-electron chi connectivity index (χ1n) is 6.01. The Hall–Kier alpha value is -0.970. The number of phenols is 1. The average molecular weight is 303 g/mol. The quantitative estimate of drug-likeness (QED) is 0.803. The third-order valence-corrected chi connectivity index (χ3v) is 4.35. The summed E-state index contributed by atoms with van der Waals surface area (Å²) in [6.07, 6.45) is 0.971. The van der Waals surface area contributed by atoms with Gasteiger partial charge in [0.1, 0.15) is 5.75 Å². The van der Waals surface area contributed by atoms with Gasteiger partial charge in [0.05, 0.1) is 10.0 Å². The van der Waals surface area contributed by atoms with E-state index in [-0.39, 0.29) is 23.1 Å². The summed E-state index contributed by atoms with van der Waals surface area (Å²) in [4.78, 5) is 11.1. The molecule has 0 aliphatic carbocycles. The van der Waals surface area contributed by atoms with E-state index in [1.54, 1.807) is 6.07 Å². The predicted molar refractivity (Wildman–Crippen MR) is 75.4 cm³/mol. The summed E-state index contributed by atoms with van der Waals surface area (Å²) in [6.45, 7) is 2.63. The molecule has 0 radical (unpaired) electrons. The number of rotatable bonds is 3. The van der Waals surface area contributed by atoms with Crippen LogP contribution in [-0.2, 0) is 4.79 Å². The van der Waals surface area contributed by atoms with Crippen LogP contribution in [0, 0.1) is 5.41 Å². The highest BCUT2D eigenvalue weighted by molar-refractivity contribution is 6.42. The number of aromatic hydroxyl groups is 1. The van der Waals surface area contributed by atoms with Gasteiger partial charge in [0.15, 0.2) is 0 Å². The lowest BCUT2D eigenvalue weighted by atomic mass is 9.83. The zero-order chi connectivity index (χ0) is 14.2. The monoisotopic (exact) mass is 302 g/mol. The number of hydrogen-bond acceptors (Lipinski definition) is 3. The van der Waals surface area contributed by atoms with Crippen molar-refractivity contribution in [3.05, 3.63) is 27.7 Å². The molecule has 6 heteroatoms. The average Bonchev–Trinajstić information content (AvgIpc) is 2.65. The number of nitrogens with two attached hydrogens (primary N) is 1. The van der Waals surface area contributed by atoms with Gasteiger partial charge in [0.2, 0.25) is 5.91 Å². The molecule has 104 valence electrons. The molecule has 0 bridgehead atoms. The fourth-order valence-electron chi connectivity index (χ4n) is 2.65. The minimum atomic E-state index is -0.327. The largest absolute Gasteiger partial charge is 0.508 e. The Labute approximate surface area is 121 Å². The topological polar surface area (TPSA) is 75.4 Å². The number of benzene rings is 1. The van der Waals surface area contributed by atoms with Crippen LogP contribution in [0.5, 0.6) is 5.75 Å². The summed E-state index contributed by atoms with van der Waals surface area (Å²) >= 11 is 12.1. The van der Waals surface area contributed by atoms with Crippen molar-refractivity contribution in [1.82, 2.24) is 5.32 Å². The lowest BCUT2D eigenvalue weighted by molar-refractivity contribution is -0.119. The highest BCUT2D eigenvalue weighted by atomic mass is 35.5. The van der Waals surface area contributed by atoms with Crippen LogP contribution in [0.2, 0.25) is 10.0 Å². The highest BCUT2D eigenvalue weighted by Gasteiger charge is 2.38. The van der Waals surface area contributed by atoms with E-state index in [0.29, 0.717) is 35.0 Å². The third kappa shape index (κ3) is 2.96. The Balaban J connectivity index is 2.26. The molecule has 1 saturated heterocycles. The first-order valence-corrected chi connectivity index (χ1v) is 6.76. The molecular weight excluding hydrogens is 287 g/mol. The molecule has 1 amide bonds. The van der Waals surface area contributed by atoms with Crippen LogP contribution in [0.3, 0.4) is 0 Å². The van der Waals surface area contributed by atoms with Gasteiger partial charge in [-0.15, -0.1) is 0 Å². The molecule has 2 atom stereocenters. The summed E-state index contributed by atoms with van der Waals surface area (Å²) < 4.78 is 0. The Bertz CT molecular complexity index is 522. The number of nitrogens with one attached hydrogen (secondary N) is 1. The molecule has 1 aliphatic heterocycles. The van der Waals surface area contributed by atoms with Gasteiger partial charge in [-0.2, -0.15) is 0 Å². The fourth-order valence-corrected chi connectivity index (χ4v) is 3.11. The lowest BCUT2D eigenvalue weighted by Gasteiger charge is -2.21. The van der Waals surface area contributed by atoms with Gasteiger partial charge >= 0.3 is 0 Å². The predicted octanol–water partition coefficient (Wildman–Crippen LogP) is 2.62. The van der Waals surface area contributed by atoms with Gasteiger partial charge in [-0.25, -0.2) is 0 Å². The number of phenolic OH excluding ortho intramolecular Hbond substituents is 1. The molecular formula is C13H16Cl2N2O2. The van der Waals surface area contributed by atoms with Crippen LogP contribution in [0.1, 0.15) is 31.4 Å². The van der Waals surface area contributed by atoms with Crippen molar-refractivity contribution in [2.24, 2.45) is 11.1 Å². The smallest absolute Gasteiger partial charge is 0.218 e. The second kappa shape index (κ2) is 5.19. The molecule has 1 aromatic rings. The van der Waals surface area contributed by atoms with E-state index in [4.69, 9.17) is 28.9 Å². The van der Waals surface area contributed by atoms with Gasteiger partial charge in [-0.3, -0.25) is 4.79 Å². The van der Waals surface area contributed by atoms with Gasteiger partial charge in [0.25, 0.3) is 0 Å². The van der Waals surface area contributed by atoms with Crippen molar-refractivity contribution in [2.45, 2.75) is 25.8 Å². The maximum Gasteiger partial charge on any atom is 0.218 e. The summed E-state index contributed by atoms with van der Waals surface area (Å²) in [6, 6.07) is 2.95. The Morgan fingerprint density at radius 2 is 2.26 bits per heavy atom. The summed E-state index contributed by atoms with van der Waals surface area (Å²) in [5.74, 6) is -0.221. The van der Waals surface area contributed by atoms with Crippen molar-refractivity contribution in [3.63, 3.8) is 0 Å². The summed E-state index contributed by atoms with van der Waals surface area (Å²) in [5, 5.41) is 14.0. The fraction of sp³-hybridized carbons (Fsp3) is 0.462. The van der Waals surface area contributed by atoms with Gasteiger partial charge in [-0.1, -0.05) is 30.1 Å². The highest BCUT2D eigenvalue weighted by Crippen LogP contribution is 2.45. The summed E-state index contributed by atoms with van der Waals surface area (Å²) in [7, 11) is 0. The maximum absolute atomic E-state index is 11.1. The van der Waals surface area contributed by atoms with Crippen molar-refractivity contribution in [3.8, 4) is 5.75 Å². The lowest BCUT2D eigenvalue weighted by Crippen LogP contribution is -2.27. The standard InChI is InChI=1S/C13H16Cl2N2O2/c1-13(5-10(16)19)4-8(17-6-13)11-9(18)3-2-7(14)12(11)15/h2-3,8,17-18H,4-6H2,1H3,(H2,16,19)/t8?,13-/m1/s1. The minimum absolute atomic E-state index is 0.107. The maximum atomic E-state index is 11.1. The second-order valence-electron chi connectivity index (χ2n) is 5.39. The van der Waals surface area contributed by atoms with E-state index in [9.17, 15) is 9.90 Å². The zero-order valence-electron chi connectivity index (χ0n) is 10.5. The molecule has 0 aromatic heterocycles. The number of hydrogen-bond donors (Lipinski definition) is 3. The number of halogens is 2. The van der Waals surface area contributed by atoms with Crippen LogP contribution in [0.25, 0.3) is 0 Å². The van der Waals surface area contributed by atoms with Crippen molar-refractivity contribution in [2.75, 3.05) is 6.54 Å². The molecule has 0 spiro atoms. The van der Waals surface area contributed by atoms with Crippen LogP contribution in [0.4, 0.5) is 0 Å². The Morgan fingerprint density at radius 1 is 1.58 bits per heavy atom. The SMILES string of the molecule is C[C@@]1(CC(N)=O)CNC(c2c(O)ccc(Cl)c2Cl)C1. The molecule has 1 unspecified atom stereocenters. The van der Waals surface area contributed by atoms with Crippen LogP contribution >= 0.6 is 23.2 Å². The molecule has 1 aliphatic rings. The Morgan fingerprint density at radius 3 is 2.89 bits per heavy atom. The minimum Gasteiger partial charge on any atom is -0.508 e. The van der Waals surface area contributed by atoms with Crippen LogP contribution < -0.4 is 11.1 Å². The second-order valence-corrected chi connectivity index (χ2v) is 6.17. The van der Waals surface area contributed by atoms with Crippen LogP contribution in [-0.4, -0.2) is 17.6 Å². The molecule has 0 saturated carbocycles. The molecule has 1 fully saturated rings. The van der Waals surface area contributed by atoms with Crippen molar-refractivity contribution < 1.29 is 9.90 Å². The summed E-state index contributed by atoms with van der Waals surface area (Å²) in [5.41, 5.74) is 5.62. The van der Waals surface area contributed by atoms with Crippen molar-refractivity contribution in [1.29, 1.82) is 0 Å². The van der Waals surface area contributed by atoms with Gasteiger partial charge in [-0.05, 0) is 24.0 Å². The Kier molecular flexibility index (Phi) is 3.95. The van der Waals surface area contributed by atoms with Gasteiger partial charge < -0.3 is 16.2 Å². The molecule has 19 heavy (non-hydrogen) atoms. The van der Waals surface area contributed by atoms with E-state index < -0.39 is 0 Å². The van der Waals surface area contributed by atoms with E-state index >= 15 is 0 Å². The van der Waals surface area contributed by atoms with Crippen LogP contribution in [0.15, 0.2) is 12.1 Å². The molecule has 1 aromatic carbocycles. The van der Waals surface area contributed by atoms with Gasteiger partial charge in [0, 0.05) is 24.6 Å². The van der Waals surface area contributed by atoms with Crippen molar-refractivity contribution >= 4 is 29.1 Å². The zero-order valence-corrected chi connectivity index (χ0v) is 12.1. The number of carbonyl (C=O) groups excluding carboxylic acids is 1. The van der Waals surface area contributed by atoms with E-state index in [1.165, 1.54) is 6.07 Å². The molecule has 2 rings (SSSR count). The van der Waals surface area contributed by atoms with E-state index in [2.05, 4.69) is 5.32 Å². The third-order valence-electron chi connectivity index (χ3n) is 3.53. The number of carbonyl (C=O) groups is 1. The molecule has 4 N–H and O–H groups in total. The number of primary amides is 1. The first-order chi connectivity index (χ1) is 8.82. The molecule has 4 nitrogen and oxygen atoms in total.